The van der Waals surface area contributed by atoms with E-state index in [4.69, 9.17) is 4.74 Å². The molecule has 0 spiro atoms. The minimum atomic E-state index is -2.78. The van der Waals surface area contributed by atoms with E-state index in [0.717, 1.165) is 7.05 Å². The maximum Gasteiger partial charge on any atom is 0.270 e. The van der Waals surface area contributed by atoms with Crippen LogP contribution in [0.5, 0.6) is 23.0 Å². The number of fused-ring (bicyclic) bond motifs is 2. The van der Waals surface area contributed by atoms with E-state index < -0.39 is 158 Å². The minimum Gasteiger partial charge on any atom is -0.449 e. The van der Waals surface area contributed by atoms with Crippen molar-refractivity contribution in [1.29, 1.82) is 0 Å². The normalized spacial score (nSPS) is 11.7. The minimum absolute atomic E-state index is 0.276. The molecule has 0 aliphatic rings. The van der Waals surface area contributed by atoms with Crippen LogP contribution in [0.2, 0.25) is 0 Å². The summed E-state index contributed by atoms with van der Waals surface area (Å²) in [6.45, 7) is 0.538. The molecule has 51 heavy (non-hydrogen) atoms. The highest BCUT2D eigenvalue weighted by Gasteiger charge is 2.36. The van der Waals surface area contributed by atoms with E-state index in [1.54, 1.807) is 0 Å². The first-order chi connectivity index (χ1) is 23.8. The zero-order valence-corrected chi connectivity index (χ0v) is 24.3. The van der Waals surface area contributed by atoms with Gasteiger partial charge in [-0.2, -0.15) is 26.3 Å². The summed E-state index contributed by atoms with van der Waals surface area (Å²) < 4.78 is 197. The lowest BCUT2D eigenvalue weighted by atomic mass is 10.1. The van der Waals surface area contributed by atoms with Gasteiger partial charge in [0.1, 0.15) is 5.69 Å². The quantitative estimate of drug-likeness (QED) is 0.120. The highest BCUT2D eigenvalue weighted by atomic mass is 19.2. The Balaban J connectivity index is 1.68. The Morgan fingerprint density at radius 3 is 1.25 bits per heavy atom. The lowest BCUT2D eigenvalue weighted by Crippen LogP contribution is -2.27. The monoisotopic (exact) mass is 738 g/mol. The van der Waals surface area contributed by atoms with Gasteiger partial charge < -0.3 is 9.47 Å². The Labute approximate surface area is 269 Å². The van der Waals surface area contributed by atoms with E-state index in [9.17, 15) is 58.7 Å². The van der Waals surface area contributed by atoms with Gasteiger partial charge in [0, 0.05) is 12.6 Å². The van der Waals surface area contributed by atoms with E-state index in [2.05, 4.69) is 4.74 Å². The lowest BCUT2D eigenvalue weighted by molar-refractivity contribution is 0.322. The van der Waals surface area contributed by atoms with E-state index in [1.165, 1.54) is 0 Å². The van der Waals surface area contributed by atoms with Crippen molar-refractivity contribution < 1.29 is 66.5 Å². The van der Waals surface area contributed by atoms with Crippen molar-refractivity contribution in [2.24, 2.45) is 7.05 Å². The van der Waals surface area contributed by atoms with Crippen LogP contribution in [-0.4, -0.2) is 9.13 Å². The summed E-state index contributed by atoms with van der Waals surface area (Å²) in [5.74, 6) is -42.0. The van der Waals surface area contributed by atoms with Gasteiger partial charge in [0.05, 0.1) is 21.5 Å². The summed E-state index contributed by atoms with van der Waals surface area (Å²) in [7, 11) is 0.797. The van der Waals surface area contributed by atoms with Crippen molar-refractivity contribution in [3.63, 3.8) is 0 Å². The Kier molecular flexibility index (Phi) is 7.79. The number of rotatable bonds is 5. The van der Waals surface area contributed by atoms with Crippen molar-refractivity contribution in [2.45, 2.75) is 6.92 Å². The third kappa shape index (κ3) is 4.55. The van der Waals surface area contributed by atoms with Gasteiger partial charge >= 0.3 is 0 Å². The summed E-state index contributed by atoms with van der Waals surface area (Å²) in [6, 6.07) is 0.395. The average molecular weight is 738 g/mol. The largest absolute Gasteiger partial charge is 0.449 e. The van der Waals surface area contributed by atoms with Gasteiger partial charge in [-0.3, -0.25) is 23.7 Å². The predicted molar refractivity (Wildman–Crippen MR) is 144 cm³/mol. The molecular weight excluding hydrogens is 731 g/mol. The van der Waals surface area contributed by atoms with Gasteiger partial charge in [0.15, 0.2) is 29.0 Å². The van der Waals surface area contributed by atoms with Crippen LogP contribution in [0.4, 0.5) is 57.1 Å². The molecule has 0 aliphatic carbocycles. The molecule has 0 saturated carbocycles. The Morgan fingerprint density at radius 2 is 0.784 bits per heavy atom. The van der Waals surface area contributed by atoms with E-state index in [-0.39, 0.29) is 4.57 Å². The average Bonchev–Trinajstić information content (AvgIpc) is 3.48. The number of hydrogen-bond donors (Lipinski definition) is 0. The third-order valence-corrected chi connectivity index (χ3v) is 7.63. The van der Waals surface area contributed by atoms with Gasteiger partial charge in [-0.1, -0.05) is 0 Å². The van der Waals surface area contributed by atoms with Crippen LogP contribution >= 0.6 is 0 Å². The molecule has 0 aliphatic heterocycles. The molecule has 0 amide bonds. The smallest absolute Gasteiger partial charge is 0.270 e. The fraction of sp³-hybridized carbons (Fsp3) is 0.0667. The Hall–Kier alpha value is -6.15. The second kappa shape index (κ2) is 11.5. The van der Waals surface area contributed by atoms with Crippen molar-refractivity contribution >= 4 is 21.5 Å². The highest BCUT2D eigenvalue weighted by Crippen LogP contribution is 2.40. The van der Waals surface area contributed by atoms with Gasteiger partial charge in [-0.15, -0.1) is 0 Å². The second-order valence-corrected chi connectivity index (χ2v) is 10.4. The number of aromatic nitrogens is 2. The van der Waals surface area contributed by atoms with Crippen molar-refractivity contribution in [3.8, 4) is 28.7 Å². The fourth-order valence-corrected chi connectivity index (χ4v) is 5.07. The standard InChI is InChI=1S/C30H7F13N2O6/c1-4-9(31)16(38)24(17(39)10(4)32)51-26-20(42)14(36)22(15(37)21(26)43)45-28(47)6-3-5-7(29(48)44(2)27(5)46)23(8(6)30(45)49)50-25-18(40)12(34)11(33)13(35)19(25)41/h3H,1-2H3. The summed E-state index contributed by atoms with van der Waals surface area (Å²) in [6.07, 6.45) is 0. The first-order valence-corrected chi connectivity index (χ1v) is 13.2. The highest BCUT2D eigenvalue weighted by molar-refractivity contribution is 6.05. The molecule has 21 heteroatoms. The SMILES string of the molecule is Cc1c(F)c(F)c(Oc2c(F)c(F)c(-n3c(=O)c4cc5c(=O)n(C)c(=O)c5c(Oc5c(F)c(F)c(F)c(F)c5F)c4c3=O)c(F)c2F)c(F)c1F. The summed E-state index contributed by atoms with van der Waals surface area (Å²) in [4.78, 5) is 52.6. The number of ether oxygens (including phenoxy) is 2. The maximum absolute atomic E-state index is 15.4. The zero-order valence-electron chi connectivity index (χ0n) is 24.3. The molecule has 6 rings (SSSR count). The van der Waals surface area contributed by atoms with Crippen LogP contribution in [0.25, 0.3) is 27.2 Å². The topological polar surface area (TPSA) is 96.6 Å². The number of nitrogens with zero attached hydrogens (tertiary/aromatic N) is 2. The van der Waals surface area contributed by atoms with E-state index in [1.807, 2.05) is 0 Å². The Morgan fingerprint density at radius 1 is 0.431 bits per heavy atom. The van der Waals surface area contributed by atoms with E-state index in [0.29, 0.717) is 13.0 Å². The maximum atomic E-state index is 15.4. The van der Waals surface area contributed by atoms with Gasteiger partial charge in [-0.05, 0) is 13.0 Å². The van der Waals surface area contributed by atoms with Crippen LogP contribution in [-0.2, 0) is 7.05 Å². The molecule has 4 aromatic carbocycles. The molecule has 264 valence electrons. The first kappa shape index (κ1) is 34.7. The molecular formula is C30H7F13N2O6. The molecule has 2 aromatic heterocycles. The number of halogens is 13. The molecule has 0 atom stereocenters. The zero-order chi connectivity index (χ0) is 37.9. The Bertz CT molecular complexity index is 2720. The molecule has 0 radical (unpaired) electrons. The number of benzene rings is 4. The van der Waals surface area contributed by atoms with Crippen LogP contribution < -0.4 is 31.7 Å². The fourth-order valence-electron chi connectivity index (χ4n) is 5.07. The van der Waals surface area contributed by atoms with Gasteiger partial charge in [-0.25, -0.2) is 35.3 Å². The molecule has 6 aromatic rings. The van der Waals surface area contributed by atoms with Crippen LogP contribution in [0, 0.1) is 82.5 Å². The summed E-state index contributed by atoms with van der Waals surface area (Å²) in [5.41, 5.74) is -10.5. The van der Waals surface area contributed by atoms with Crippen molar-refractivity contribution in [1.82, 2.24) is 9.13 Å². The van der Waals surface area contributed by atoms with Crippen molar-refractivity contribution in [2.75, 3.05) is 0 Å². The molecule has 0 bridgehead atoms. The molecule has 0 unspecified atom stereocenters. The summed E-state index contributed by atoms with van der Waals surface area (Å²) in [5, 5.41) is -4.80. The second-order valence-electron chi connectivity index (χ2n) is 10.4. The van der Waals surface area contributed by atoms with E-state index >= 15 is 17.6 Å². The molecule has 0 saturated heterocycles. The predicted octanol–water partition coefficient (Wildman–Crippen LogP) is 6.14. The first-order valence-electron chi connectivity index (χ1n) is 13.2. The van der Waals surface area contributed by atoms with Crippen molar-refractivity contribution in [3.05, 3.63) is 129 Å². The molecule has 2 heterocycles. The molecule has 8 nitrogen and oxygen atoms in total. The van der Waals surface area contributed by atoms with Crippen LogP contribution in [0.1, 0.15) is 5.56 Å². The number of hydrogen-bond acceptors (Lipinski definition) is 6. The third-order valence-electron chi connectivity index (χ3n) is 7.63. The van der Waals surface area contributed by atoms with Crippen LogP contribution in [0.15, 0.2) is 25.2 Å². The van der Waals surface area contributed by atoms with Crippen LogP contribution in [0.3, 0.4) is 0 Å². The molecule has 0 N–H and O–H groups in total. The van der Waals surface area contributed by atoms with Gasteiger partial charge in [0.25, 0.3) is 22.2 Å². The molecule has 0 fully saturated rings. The van der Waals surface area contributed by atoms with Gasteiger partial charge in [0.2, 0.25) is 69.6 Å². The lowest BCUT2D eigenvalue weighted by Gasteiger charge is -2.14. The summed E-state index contributed by atoms with van der Waals surface area (Å²) >= 11 is 0.